The zero-order chi connectivity index (χ0) is 13.5. The van der Waals surface area contributed by atoms with Crippen LogP contribution in [-0.2, 0) is 0 Å². The van der Waals surface area contributed by atoms with Gasteiger partial charge in [-0.25, -0.2) is 0 Å². The van der Waals surface area contributed by atoms with Gasteiger partial charge in [0.25, 0.3) is 0 Å². The molecule has 3 heterocycles. The average molecular weight is 283 g/mol. The van der Waals surface area contributed by atoms with Crippen LogP contribution in [0.2, 0.25) is 0 Å². The van der Waals surface area contributed by atoms with E-state index in [9.17, 15) is 0 Å². The molecule has 0 saturated heterocycles. The largest absolute Gasteiger partial charge is 0.382 e. The van der Waals surface area contributed by atoms with E-state index in [1.54, 1.807) is 10.6 Å². The normalized spacial score (nSPS) is 11.2. The highest BCUT2D eigenvalue weighted by Crippen LogP contribution is 2.27. The van der Waals surface area contributed by atoms with Crippen molar-refractivity contribution in [3.63, 3.8) is 0 Å². The molecule has 4 aromatic rings. The van der Waals surface area contributed by atoms with Gasteiger partial charge in [-0.3, -0.25) is 5.10 Å². The second-order valence-corrected chi connectivity index (χ2v) is 5.15. The number of nitrogens with zero attached hydrogens (tertiary/aromatic N) is 5. The topological polar surface area (TPSA) is 97.8 Å². The molecule has 3 N–H and O–H groups in total. The Morgan fingerprint density at radius 3 is 2.75 bits per heavy atom. The Bertz CT molecular complexity index is 874. The third-order valence-electron chi connectivity index (χ3n) is 2.85. The molecule has 0 aliphatic rings. The van der Waals surface area contributed by atoms with Crippen molar-refractivity contribution in [2.24, 2.45) is 0 Å². The zero-order valence-corrected chi connectivity index (χ0v) is 11.0. The van der Waals surface area contributed by atoms with Crippen LogP contribution in [0.25, 0.3) is 27.1 Å². The maximum atomic E-state index is 5.61. The molecule has 0 aliphatic carbocycles. The molecule has 0 fully saturated rings. The third kappa shape index (κ3) is 1.66. The minimum absolute atomic E-state index is 0.439. The monoisotopic (exact) mass is 283 g/mol. The number of anilines is 1. The zero-order valence-electron chi connectivity index (χ0n) is 10.2. The summed E-state index contributed by atoms with van der Waals surface area (Å²) in [7, 11) is 0. The second-order valence-electron chi connectivity index (χ2n) is 4.20. The van der Waals surface area contributed by atoms with E-state index in [-0.39, 0.29) is 0 Å². The van der Waals surface area contributed by atoms with Gasteiger partial charge in [-0.1, -0.05) is 41.7 Å². The Morgan fingerprint density at radius 1 is 1.15 bits per heavy atom. The molecule has 0 bridgehead atoms. The molecular weight excluding hydrogens is 274 g/mol. The molecule has 7 nitrogen and oxygen atoms in total. The van der Waals surface area contributed by atoms with Gasteiger partial charge in [0.2, 0.25) is 4.96 Å². The van der Waals surface area contributed by atoms with Gasteiger partial charge in [-0.2, -0.15) is 14.7 Å². The molecule has 0 unspecified atom stereocenters. The molecular formula is C12H9N7S. The van der Waals surface area contributed by atoms with Crippen molar-refractivity contribution in [3.8, 4) is 22.1 Å². The van der Waals surface area contributed by atoms with E-state index in [1.807, 2.05) is 30.3 Å². The van der Waals surface area contributed by atoms with Gasteiger partial charge < -0.3 is 5.73 Å². The number of fused-ring (bicyclic) bond motifs is 1. The van der Waals surface area contributed by atoms with E-state index in [0.29, 0.717) is 5.82 Å². The van der Waals surface area contributed by atoms with Crippen LogP contribution in [0, 0.1) is 0 Å². The molecule has 8 heteroatoms. The number of hydrogen-bond donors (Lipinski definition) is 2. The predicted octanol–water partition coefficient (Wildman–Crippen LogP) is 1.83. The molecule has 0 amide bonds. The Balaban J connectivity index is 1.87. The molecule has 4 rings (SSSR count). The Hall–Kier alpha value is -2.74. The van der Waals surface area contributed by atoms with Gasteiger partial charge in [0, 0.05) is 11.6 Å². The fourth-order valence-corrected chi connectivity index (χ4v) is 2.75. The lowest BCUT2D eigenvalue weighted by atomic mass is 10.2. The van der Waals surface area contributed by atoms with Gasteiger partial charge in [0.1, 0.15) is 5.82 Å². The maximum absolute atomic E-state index is 5.61. The van der Waals surface area contributed by atoms with Crippen molar-refractivity contribution in [2.45, 2.75) is 0 Å². The van der Waals surface area contributed by atoms with E-state index in [1.165, 1.54) is 11.3 Å². The fraction of sp³-hybridized carbons (Fsp3) is 0. The van der Waals surface area contributed by atoms with Crippen molar-refractivity contribution in [2.75, 3.05) is 5.73 Å². The molecule has 0 aliphatic heterocycles. The van der Waals surface area contributed by atoms with Crippen molar-refractivity contribution >= 4 is 22.1 Å². The first-order chi connectivity index (χ1) is 9.81. The first-order valence-electron chi connectivity index (χ1n) is 5.90. The van der Waals surface area contributed by atoms with Crippen LogP contribution in [0.4, 0.5) is 5.82 Å². The lowest BCUT2D eigenvalue weighted by Gasteiger charge is -1.95. The summed E-state index contributed by atoms with van der Waals surface area (Å²) >= 11 is 1.43. The Labute approximate surface area is 117 Å². The van der Waals surface area contributed by atoms with Crippen LogP contribution in [-0.4, -0.2) is 30.0 Å². The molecule has 20 heavy (non-hydrogen) atoms. The maximum Gasteiger partial charge on any atom is 0.235 e. The van der Waals surface area contributed by atoms with E-state index in [2.05, 4.69) is 25.5 Å². The van der Waals surface area contributed by atoms with Gasteiger partial charge in [-0.05, 0) is 0 Å². The highest BCUT2D eigenvalue weighted by atomic mass is 32.1. The van der Waals surface area contributed by atoms with E-state index in [4.69, 9.17) is 5.73 Å². The predicted molar refractivity (Wildman–Crippen MR) is 76.1 cm³/mol. The molecule has 3 aromatic heterocycles. The van der Waals surface area contributed by atoms with E-state index in [0.717, 1.165) is 27.1 Å². The number of H-pyrrole nitrogens is 1. The summed E-state index contributed by atoms with van der Waals surface area (Å²) in [4.78, 5) is 0.729. The summed E-state index contributed by atoms with van der Waals surface area (Å²) < 4.78 is 1.73. The average Bonchev–Trinajstić information content (AvgIpc) is 3.13. The minimum atomic E-state index is 0.439. The van der Waals surface area contributed by atoms with Gasteiger partial charge in [-0.15, -0.1) is 10.2 Å². The van der Waals surface area contributed by atoms with Crippen molar-refractivity contribution in [1.82, 2.24) is 30.0 Å². The fourth-order valence-electron chi connectivity index (χ4n) is 1.94. The number of nitrogen functional groups attached to an aromatic ring is 1. The lowest BCUT2D eigenvalue weighted by Crippen LogP contribution is -1.90. The molecule has 0 atom stereocenters. The van der Waals surface area contributed by atoms with Crippen molar-refractivity contribution in [1.29, 1.82) is 0 Å². The number of aromatic amines is 1. The van der Waals surface area contributed by atoms with Crippen LogP contribution in [0.3, 0.4) is 0 Å². The number of rotatable bonds is 2. The van der Waals surface area contributed by atoms with E-state index >= 15 is 0 Å². The quantitative estimate of drug-likeness (QED) is 0.585. The molecule has 0 spiro atoms. The van der Waals surface area contributed by atoms with E-state index < -0.39 is 0 Å². The number of aromatic nitrogens is 6. The summed E-state index contributed by atoms with van der Waals surface area (Å²) in [5.74, 6) is 1.16. The minimum Gasteiger partial charge on any atom is -0.382 e. The first-order valence-corrected chi connectivity index (χ1v) is 6.72. The summed E-state index contributed by atoms with van der Waals surface area (Å²) in [5.41, 5.74) is 7.35. The van der Waals surface area contributed by atoms with Crippen LogP contribution in [0.5, 0.6) is 0 Å². The Morgan fingerprint density at radius 2 is 2.00 bits per heavy atom. The molecule has 0 saturated carbocycles. The SMILES string of the molecule is Nc1cc(-c2nn3c(-c4ccccc4)nnc3s2)[nH]n1. The summed E-state index contributed by atoms with van der Waals surface area (Å²) in [5, 5.41) is 20.4. The number of nitrogens with two attached hydrogens (primary N) is 1. The van der Waals surface area contributed by atoms with Gasteiger partial charge in [0.15, 0.2) is 10.8 Å². The smallest absolute Gasteiger partial charge is 0.235 e. The summed E-state index contributed by atoms with van der Waals surface area (Å²) in [6.07, 6.45) is 0. The molecule has 98 valence electrons. The lowest BCUT2D eigenvalue weighted by molar-refractivity contribution is 0.964. The second kappa shape index (κ2) is 4.14. The standard InChI is InChI=1S/C12H9N7S/c13-9-6-8(14-15-9)11-18-19-10(16-17-12(19)20-11)7-4-2-1-3-5-7/h1-6H,(H3,13,14,15). The number of benzene rings is 1. The Kier molecular flexibility index (Phi) is 2.30. The number of nitrogens with one attached hydrogen (secondary N) is 1. The van der Waals surface area contributed by atoms with Crippen LogP contribution < -0.4 is 5.73 Å². The molecule has 1 aromatic carbocycles. The van der Waals surface area contributed by atoms with Crippen LogP contribution in [0.1, 0.15) is 0 Å². The van der Waals surface area contributed by atoms with Gasteiger partial charge in [0.05, 0.1) is 5.69 Å². The summed E-state index contributed by atoms with van der Waals surface area (Å²) in [6, 6.07) is 11.6. The van der Waals surface area contributed by atoms with Crippen molar-refractivity contribution in [3.05, 3.63) is 36.4 Å². The molecule has 0 radical (unpaired) electrons. The highest BCUT2D eigenvalue weighted by molar-refractivity contribution is 7.19. The number of hydrogen-bond acceptors (Lipinski definition) is 6. The summed E-state index contributed by atoms with van der Waals surface area (Å²) in [6.45, 7) is 0. The highest BCUT2D eigenvalue weighted by Gasteiger charge is 2.15. The van der Waals surface area contributed by atoms with Crippen LogP contribution >= 0.6 is 11.3 Å². The van der Waals surface area contributed by atoms with Crippen LogP contribution in [0.15, 0.2) is 36.4 Å². The third-order valence-corrected chi connectivity index (χ3v) is 3.78. The first kappa shape index (κ1) is 11.1. The van der Waals surface area contributed by atoms with Gasteiger partial charge >= 0.3 is 0 Å². The van der Waals surface area contributed by atoms with Crippen molar-refractivity contribution < 1.29 is 0 Å².